The first-order valence-corrected chi connectivity index (χ1v) is 9.08. The van der Waals surface area contributed by atoms with E-state index in [1.54, 1.807) is 18.3 Å². The molecular weight excluding hydrogens is 344 g/mol. The molecule has 1 fully saturated rings. The Kier molecular flexibility index (Phi) is 6.38. The van der Waals surface area contributed by atoms with E-state index in [1.807, 2.05) is 36.4 Å². The number of hydrogen-bond donors (Lipinski definition) is 2. The summed E-state index contributed by atoms with van der Waals surface area (Å²) in [7, 11) is 0. The number of para-hydroxylation sites is 1. The van der Waals surface area contributed by atoms with Crippen molar-refractivity contribution < 1.29 is 14.7 Å². The number of hydrogen-bond acceptors (Lipinski definition) is 5. The molecule has 2 heterocycles. The molecule has 1 aliphatic rings. The number of nitrogens with one attached hydrogen (secondary N) is 1. The third-order valence-corrected chi connectivity index (χ3v) is 4.66. The first kappa shape index (κ1) is 18.8. The highest BCUT2D eigenvalue weighted by atomic mass is 16.4. The topological polar surface area (TPSA) is 85.8 Å². The number of piperazine rings is 1. The van der Waals surface area contributed by atoms with Gasteiger partial charge in [0, 0.05) is 51.0 Å². The van der Waals surface area contributed by atoms with E-state index >= 15 is 0 Å². The molecule has 27 heavy (non-hydrogen) atoms. The fourth-order valence-electron chi connectivity index (χ4n) is 3.20. The Labute approximate surface area is 158 Å². The summed E-state index contributed by atoms with van der Waals surface area (Å²) >= 11 is 0. The number of carboxylic acid groups (broad SMARTS) is 1. The van der Waals surface area contributed by atoms with Crippen LogP contribution in [0.2, 0.25) is 0 Å². The van der Waals surface area contributed by atoms with E-state index in [-0.39, 0.29) is 12.3 Å². The summed E-state index contributed by atoms with van der Waals surface area (Å²) in [5, 5.41) is 12.3. The van der Waals surface area contributed by atoms with Crippen LogP contribution in [0.3, 0.4) is 0 Å². The van der Waals surface area contributed by atoms with E-state index in [4.69, 9.17) is 0 Å². The minimum atomic E-state index is -0.939. The van der Waals surface area contributed by atoms with Crippen LogP contribution in [-0.4, -0.2) is 59.6 Å². The molecule has 7 heteroatoms. The van der Waals surface area contributed by atoms with Crippen molar-refractivity contribution in [3.05, 3.63) is 54.7 Å². The third-order valence-electron chi connectivity index (χ3n) is 4.66. The van der Waals surface area contributed by atoms with Crippen LogP contribution in [0.1, 0.15) is 6.42 Å². The average Bonchev–Trinajstić information content (AvgIpc) is 2.69. The van der Waals surface area contributed by atoms with E-state index in [0.717, 1.165) is 32.0 Å². The molecule has 1 amide bonds. The summed E-state index contributed by atoms with van der Waals surface area (Å²) in [4.78, 5) is 32.5. The van der Waals surface area contributed by atoms with Crippen LogP contribution in [0.4, 0.5) is 11.5 Å². The van der Waals surface area contributed by atoms with Gasteiger partial charge in [-0.05, 0) is 24.3 Å². The number of aromatic nitrogens is 1. The lowest BCUT2D eigenvalue weighted by atomic mass is 10.0. The third kappa shape index (κ3) is 5.52. The second kappa shape index (κ2) is 9.14. The van der Waals surface area contributed by atoms with E-state index in [9.17, 15) is 14.7 Å². The number of aliphatic carboxylic acids is 1. The standard InChI is InChI=1S/C20H24N4O3/c25-19(22-17-6-2-1-3-7-17)14-16(20(26)27)15-23-10-12-24(13-11-23)18-8-4-5-9-21-18/h1-9,16H,10-15H2,(H,22,25)(H,26,27)/t16-/m0/s1. The van der Waals surface area contributed by atoms with Crippen molar-refractivity contribution in [3.8, 4) is 0 Å². The smallest absolute Gasteiger partial charge is 0.308 e. The van der Waals surface area contributed by atoms with Gasteiger partial charge in [-0.15, -0.1) is 0 Å². The number of carbonyl (C=O) groups is 2. The Morgan fingerprint density at radius 1 is 1.04 bits per heavy atom. The highest BCUT2D eigenvalue weighted by Gasteiger charge is 2.26. The number of pyridine rings is 1. The summed E-state index contributed by atoms with van der Waals surface area (Å²) < 4.78 is 0. The Bertz CT molecular complexity index is 746. The number of benzene rings is 1. The van der Waals surface area contributed by atoms with Gasteiger partial charge in [-0.3, -0.25) is 14.5 Å². The van der Waals surface area contributed by atoms with Gasteiger partial charge < -0.3 is 15.3 Å². The monoisotopic (exact) mass is 368 g/mol. The molecule has 0 unspecified atom stereocenters. The minimum absolute atomic E-state index is 0.0370. The molecule has 0 spiro atoms. The quantitative estimate of drug-likeness (QED) is 0.777. The van der Waals surface area contributed by atoms with Gasteiger partial charge in [0.25, 0.3) is 0 Å². The summed E-state index contributed by atoms with van der Waals surface area (Å²) in [6.45, 7) is 3.45. The normalized spacial score (nSPS) is 15.9. The van der Waals surface area contributed by atoms with Gasteiger partial charge in [-0.2, -0.15) is 0 Å². The highest BCUT2D eigenvalue weighted by Crippen LogP contribution is 2.15. The zero-order valence-electron chi connectivity index (χ0n) is 15.1. The summed E-state index contributed by atoms with van der Waals surface area (Å²) in [6, 6.07) is 14.9. The zero-order valence-corrected chi connectivity index (χ0v) is 15.1. The first-order valence-electron chi connectivity index (χ1n) is 9.08. The van der Waals surface area contributed by atoms with Crippen LogP contribution in [-0.2, 0) is 9.59 Å². The van der Waals surface area contributed by atoms with Crippen LogP contribution < -0.4 is 10.2 Å². The predicted molar refractivity (Wildman–Crippen MR) is 104 cm³/mol. The SMILES string of the molecule is O=C(C[C@@H](CN1CCN(c2ccccn2)CC1)C(=O)O)Nc1ccccc1. The molecule has 1 aliphatic heterocycles. The number of carbonyl (C=O) groups excluding carboxylic acids is 1. The number of anilines is 2. The predicted octanol–water partition coefficient (Wildman–Crippen LogP) is 1.93. The van der Waals surface area contributed by atoms with Crippen molar-refractivity contribution in [3.63, 3.8) is 0 Å². The maximum atomic E-state index is 12.2. The van der Waals surface area contributed by atoms with Gasteiger partial charge in [0.15, 0.2) is 0 Å². The van der Waals surface area contributed by atoms with Crippen molar-refractivity contribution in [2.45, 2.75) is 6.42 Å². The van der Waals surface area contributed by atoms with Gasteiger partial charge in [0.1, 0.15) is 5.82 Å². The molecule has 2 aromatic rings. The molecule has 0 bridgehead atoms. The second-order valence-electron chi connectivity index (χ2n) is 6.63. The maximum absolute atomic E-state index is 12.2. The lowest BCUT2D eigenvalue weighted by molar-refractivity contribution is -0.144. The van der Waals surface area contributed by atoms with E-state index in [1.165, 1.54) is 0 Å². The van der Waals surface area contributed by atoms with Crippen LogP contribution in [0.15, 0.2) is 54.7 Å². The van der Waals surface area contributed by atoms with Crippen molar-refractivity contribution in [1.29, 1.82) is 0 Å². The molecule has 0 radical (unpaired) electrons. The van der Waals surface area contributed by atoms with Crippen LogP contribution in [0.25, 0.3) is 0 Å². The van der Waals surface area contributed by atoms with E-state index in [2.05, 4.69) is 20.1 Å². The van der Waals surface area contributed by atoms with Crippen molar-refractivity contribution in [2.75, 3.05) is 42.9 Å². The molecule has 0 aliphatic carbocycles. The lowest BCUT2D eigenvalue weighted by Gasteiger charge is -2.36. The first-order chi connectivity index (χ1) is 13.1. The van der Waals surface area contributed by atoms with Crippen molar-refractivity contribution in [1.82, 2.24) is 9.88 Å². The minimum Gasteiger partial charge on any atom is -0.481 e. The average molecular weight is 368 g/mol. The fraction of sp³-hybridized carbons (Fsp3) is 0.350. The highest BCUT2D eigenvalue weighted by molar-refractivity contribution is 5.93. The van der Waals surface area contributed by atoms with Gasteiger partial charge in [0.05, 0.1) is 5.92 Å². The van der Waals surface area contributed by atoms with E-state index in [0.29, 0.717) is 12.2 Å². The number of nitrogens with zero attached hydrogens (tertiary/aromatic N) is 3. The Balaban J connectivity index is 1.50. The molecule has 3 rings (SSSR count). The molecule has 2 N–H and O–H groups in total. The van der Waals surface area contributed by atoms with Gasteiger partial charge in [0.2, 0.25) is 5.91 Å². The molecule has 7 nitrogen and oxygen atoms in total. The van der Waals surface area contributed by atoms with Crippen LogP contribution in [0.5, 0.6) is 0 Å². The maximum Gasteiger partial charge on any atom is 0.308 e. The Morgan fingerprint density at radius 3 is 2.37 bits per heavy atom. The number of rotatable bonds is 7. The van der Waals surface area contributed by atoms with Crippen molar-refractivity contribution in [2.24, 2.45) is 5.92 Å². The van der Waals surface area contributed by atoms with Crippen LogP contribution >= 0.6 is 0 Å². The number of carboxylic acids is 1. The molecule has 142 valence electrons. The fourth-order valence-corrected chi connectivity index (χ4v) is 3.20. The Morgan fingerprint density at radius 2 is 1.74 bits per heavy atom. The summed E-state index contributed by atoms with van der Waals surface area (Å²) in [5.74, 6) is -1.00. The lowest BCUT2D eigenvalue weighted by Crippen LogP contribution is -2.49. The largest absolute Gasteiger partial charge is 0.481 e. The molecule has 0 saturated carbocycles. The summed E-state index contributed by atoms with van der Waals surface area (Å²) in [6.07, 6.45) is 1.73. The van der Waals surface area contributed by atoms with Gasteiger partial charge in [-0.25, -0.2) is 4.98 Å². The van der Waals surface area contributed by atoms with Gasteiger partial charge >= 0.3 is 5.97 Å². The number of amides is 1. The molecule has 1 atom stereocenters. The molecular formula is C20H24N4O3. The second-order valence-corrected chi connectivity index (χ2v) is 6.63. The van der Waals surface area contributed by atoms with Crippen LogP contribution in [0, 0.1) is 5.92 Å². The molecule has 1 aromatic heterocycles. The van der Waals surface area contributed by atoms with Crippen molar-refractivity contribution >= 4 is 23.4 Å². The molecule has 1 aromatic carbocycles. The summed E-state index contributed by atoms with van der Waals surface area (Å²) in [5.41, 5.74) is 0.676. The molecule has 1 saturated heterocycles. The van der Waals surface area contributed by atoms with Gasteiger partial charge in [-0.1, -0.05) is 24.3 Å². The van der Waals surface area contributed by atoms with E-state index < -0.39 is 11.9 Å². The Hall–Kier alpha value is -2.93. The zero-order chi connectivity index (χ0) is 19.1.